The van der Waals surface area contributed by atoms with Crippen molar-refractivity contribution in [2.75, 3.05) is 12.9 Å². The van der Waals surface area contributed by atoms with Crippen LogP contribution in [0, 0.1) is 0 Å². The lowest BCUT2D eigenvalue weighted by Gasteiger charge is -2.14. The van der Waals surface area contributed by atoms with Gasteiger partial charge in [0.25, 0.3) is 0 Å². The average Bonchev–Trinajstić information content (AvgIpc) is 3.15. The number of ether oxygens (including phenoxy) is 1. The Bertz CT molecular complexity index is 899. The fourth-order valence-electron chi connectivity index (χ4n) is 2.40. The number of halogens is 1. The van der Waals surface area contributed by atoms with E-state index >= 15 is 0 Å². The summed E-state index contributed by atoms with van der Waals surface area (Å²) in [5.41, 5.74) is 1.78. The van der Waals surface area contributed by atoms with Gasteiger partial charge in [-0.2, -0.15) is 4.68 Å². The Morgan fingerprint density at radius 3 is 2.59 bits per heavy atom. The number of methoxy groups -OCH3 is 1. The minimum Gasteiger partial charge on any atom is -0.497 e. The minimum absolute atomic E-state index is 0.105. The molecule has 2 aromatic carbocycles. The molecule has 0 aliphatic heterocycles. The molecular weight excluding hydrogens is 386 g/mol. The monoisotopic (exact) mass is 403 g/mol. The van der Waals surface area contributed by atoms with Crippen LogP contribution in [-0.4, -0.2) is 39.0 Å². The molecule has 0 radical (unpaired) electrons. The van der Waals surface area contributed by atoms with E-state index in [2.05, 4.69) is 20.8 Å². The first-order chi connectivity index (χ1) is 13.1. The third kappa shape index (κ3) is 4.99. The Morgan fingerprint density at radius 2 is 1.93 bits per heavy atom. The van der Waals surface area contributed by atoms with Gasteiger partial charge in [-0.1, -0.05) is 35.5 Å². The zero-order valence-electron chi connectivity index (χ0n) is 14.8. The quantitative estimate of drug-likeness (QED) is 0.609. The summed E-state index contributed by atoms with van der Waals surface area (Å²) in [6, 6.07) is 14.6. The smallest absolute Gasteiger partial charge is 0.230 e. The van der Waals surface area contributed by atoms with E-state index in [9.17, 15) is 4.79 Å². The van der Waals surface area contributed by atoms with Crippen molar-refractivity contribution in [2.45, 2.75) is 18.1 Å². The van der Waals surface area contributed by atoms with Crippen molar-refractivity contribution in [3.8, 4) is 11.4 Å². The van der Waals surface area contributed by atoms with Crippen LogP contribution in [0.5, 0.6) is 5.75 Å². The van der Waals surface area contributed by atoms with Crippen LogP contribution in [0.1, 0.15) is 18.5 Å². The molecule has 0 unspecified atom stereocenters. The summed E-state index contributed by atoms with van der Waals surface area (Å²) < 4.78 is 6.73. The molecule has 0 saturated heterocycles. The SMILES string of the molecule is COc1ccc(-n2nnnc2SCC(=O)N[C@H](C)c2ccc(Cl)cc2)cc1. The van der Waals surface area contributed by atoms with Gasteiger partial charge in [-0.15, -0.1) is 5.10 Å². The largest absolute Gasteiger partial charge is 0.497 e. The predicted octanol–water partition coefficient (Wildman–Crippen LogP) is 3.29. The normalized spacial score (nSPS) is 11.8. The average molecular weight is 404 g/mol. The van der Waals surface area contributed by atoms with Crippen LogP contribution < -0.4 is 10.1 Å². The molecule has 9 heteroatoms. The van der Waals surface area contributed by atoms with Crippen molar-refractivity contribution < 1.29 is 9.53 Å². The second kappa shape index (κ2) is 8.88. The zero-order valence-corrected chi connectivity index (χ0v) is 16.4. The van der Waals surface area contributed by atoms with Crippen molar-refractivity contribution in [3.63, 3.8) is 0 Å². The lowest BCUT2D eigenvalue weighted by molar-refractivity contribution is -0.119. The lowest BCUT2D eigenvalue weighted by atomic mass is 10.1. The van der Waals surface area contributed by atoms with Crippen molar-refractivity contribution >= 4 is 29.3 Å². The Hall–Kier alpha value is -2.58. The van der Waals surface area contributed by atoms with E-state index in [0.29, 0.717) is 10.2 Å². The third-order valence-electron chi connectivity index (χ3n) is 3.84. The fourth-order valence-corrected chi connectivity index (χ4v) is 3.23. The molecule has 0 spiro atoms. The highest BCUT2D eigenvalue weighted by atomic mass is 35.5. The van der Waals surface area contributed by atoms with Gasteiger partial charge in [0.2, 0.25) is 11.1 Å². The first kappa shape index (κ1) is 19.2. The Morgan fingerprint density at radius 1 is 1.22 bits per heavy atom. The molecular formula is C18H18ClN5O2S. The highest BCUT2D eigenvalue weighted by molar-refractivity contribution is 7.99. The number of thioether (sulfide) groups is 1. The van der Waals surface area contributed by atoms with Gasteiger partial charge in [-0.05, 0) is 59.3 Å². The van der Waals surface area contributed by atoms with E-state index in [0.717, 1.165) is 17.0 Å². The standard InChI is InChI=1S/C18H18ClN5O2S/c1-12(13-3-5-14(19)6-4-13)20-17(25)11-27-18-21-22-23-24(18)15-7-9-16(26-2)10-8-15/h3-10,12H,11H2,1-2H3,(H,20,25)/t12-/m1/s1. The van der Waals surface area contributed by atoms with E-state index in [1.165, 1.54) is 11.8 Å². The van der Waals surface area contributed by atoms with Crippen LogP contribution in [0.25, 0.3) is 5.69 Å². The summed E-state index contributed by atoms with van der Waals surface area (Å²) in [4.78, 5) is 12.3. The first-order valence-corrected chi connectivity index (χ1v) is 9.53. The van der Waals surface area contributed by atoms with E-state index < -0.39 is 0 Å². The molecule has 27 heavy (non-hydrogen) atoms. The summed E-state index contributed by atoms with van der Waals surface area (Å²) in [5.74, 6) is 0.845. The number of rotatable bonds is 7. The molecule has 1 atom stereocenters. The van der Waals surface area contributed by atoms with Crippen LogP contribution in [-0.2, 0) is 4.79 Å². The summed E-state index contributed by atoms with van der Waals surface area (Å²) >= 11 is 7.16. The fraction of sp³-hybridized carbons (Fsp3) is 0.222. The number of carbonyl (C=O) groups is 1. The molecule has 1 amide bonds. The summed E-state index contributed by atoms with van der Waals surface area (Å²) in [5, 5.41) is 15.8. The number of carbonyl (C=O) groups excluding carboxylic acids is 1. The van der Waals surface area contributed by atoms with Gasteiger partial charge >= 0.3 is 0 Å². The highest BCUT2D eigenvalue weighted by Gasteiger charge is 2.14. The molecule has 0 aliphatic rings. The maximum absolute atomic E-state index is 12.3. The van der Waals surface area contributed by atoms with E-state index in [1.54, 1.807) is 23.9 Å². The van der Waals surface area contributed by atoms with E-state index in [1.807, 2.05) is 43.3 Å². The maximum atomic E-state index is 12.3. The highest BCUT2D eigenvalue weighted by Crippen LogP contribution is 2.21. The number of hydrogen-bond acceptors (Lipinski definition) is 6. The Labute approximate surface area is 166 Å². The topological polar surface area (TPSA) is 81.9 Å². The number of hydrogen-bond donors (Lipinski definition) is 1. The summed E-state index contributed by atoms with van der Waals surface area (Å²) in [6.45, 7) is 1.92. The van der Waals surface area contributed by atoms with E-state index in [4.69, 9.17) is 16.3 Å². The molecule has 1 aromatic heterocycles. The molecule has 140 valence electrons. The number of tetrazole rings is 1. The number of benzene rings is 2. The van der Waals surface area contributed by atoms with E-state index in [-0.39, 0.29) is 17.7 Å². The second-order valence-corrected chi connectivity index (χ2v) is 7.08. The third-order valence-corrected chi connectivity index (χ3v) is 5.01. The molecule has 0 fully saturated rings. The van der Waals surface area contributed by atoms with Crippen LogP contribution in [0.15, 0.2) is 53.7 Å². The number of aromatic nitrogens is 4. The second-order valence-electron chi connectivity index (χ2n) is 5.70. The lowest BCUT2D eigenvalue weighted by Crippen LogP contribution is -2.28. The summed E-state index contributed by atoms with van der Waals surface area (Å²) in [6.07, 6.45) is 0. The van der Waals surface area contributed by atoms with Crippen molar-refractivity contribution in [3.05, 3.63) is 59.1 Å². The van der Waals surface area contributed by atoms with Crippen molar-refractivity contribution in [2.24, 2.45) is 0 Å². The molecule has 3 rings (SSSR count). The summed E-state index contributed by atoms with van der Waals surface area (Å²) in [7, 11) is 1.61. The van der Waals surface area contributed by atoms with Gasteiger partial charge in [0.15, 0.2) is 0 Å². The minimum atomic E-state index is -0.118. The maximum Gasteiger partial charge on any atom is 0.230 e. The van der Waals surface area contributed by atoms with Gasteiger partial charge < -0.3 is 10.1 Å². The van der Waals surface area contributed by atoms with Gasteiger partial charge in [-0.3, -0.25) is 4.79 Å². The van der Waals surface area contributed by atoms with Crippen molar-refractivity contribution in [1.82, 2.24) is 25.5 Å². The Balaban J connectivity index is 1.59. The zero-order chi connectivity index (χ0) is 19.2. The van der Waals surface area contributed by atoms with Gasteiger partial charge in [0.05, 0.1) is 24.6 Å². The van der Waals surface area contributed by atoms with Crippen LogP contribution in [0.2, 0.25) is 5.02 Å². The molecule has 7 nitrogen and oxygen atoms in total. The van der Waals surface area contributed by atoms with Crippen LogP contribution in [0.3, 0.4) is 0 Å². The van der Waals surface area contributed by atoms with Gasteiger partial charge in [0.1, 0.15) is 5.75 Å². The van der Waals surface area contributed by atoms with Gasteiger partial charge in [0, 0.05) is 5.02 Å². The molecule has 1 N–H and O–H groups in total. The van der Waals surface area contributed by atoms with Crippen LogP contribution in [0.4, 0.5) is 0 Å². The molecule has 1 heterocycles. The number of nitrogens with one attached hydrogen (secondary N) is 1. The molecule has 0 saturated carbocycles. The van der Waals surface area contributed by atoms with Gasteiger partial charge in [-0.25, -0.2) is 0 Å². The number of nitrogens with zero attached hydrogens (tertiary/aromatic N) is 4. The van der Waals surface area contributed by atoms with Crippen LogP contribution >= 0.6 is 23.4 Å². The Kier molecular flexibility index (Phi) is 6.31. The molecule has 0 bridgehead atoms. The first-order valence-electron chi connectivity index (χ1n) is 8.17. The van der Waals surface area contributed by atoms with Crippen molar-refractivity contribution in [1.29, 1.82) is 0 Å². The molecule has 3 aromatic rings. The number of amides is 1. The predicted molar refractivity (Wildman–Crippen MR) is 104 cm³/mol. The molecule has 0 aliphatic carbocycles.